The Hall–Kier alpha value is -1.43. The molecule has 2 aromatic carbocycles. The summed E-state index contributed by atoms with van der Waals surface area (Å²) in [5.41, 5.74) is 4.65. The Morgan fingerprint density at radius 2 is 1.88 bits per heavy atom. The van der Waals surface area contributed by atoms with Crippen molar-refractivity contribution in [2.75, 3.05) is 13.2 Å². The smallest absolute Gasteiger partial charge is 0.175 e. The maximum absolute atomic E-state index is 6.15. The molecule has 0 amide bonds. The molecule has 0 saturated heterocycles. The van der Waals surface area contributed by atoms with Crippen molar-refractivity contribution in [1.82, 2.24) is 5.43 Å². The van der Waals surface area contributed by atoms with E-state index in [0.29, 0.717) is 41.3 Å². The largest absolute Gasteiger partial charge is 0.490 e. The summed E-state index contributed by atoms with van der Waals surface area (Å²) < 4.78 is 12.3. The Bertz CT molecular complexity index is 749. The van der Waals surface area contributed by atoms with E-state index >= 15 is 0 Å². The van der Waals surface area contributed by atoms with Crippen LogP contribution in [0.1, 0.15) is 31.4 Å². The standard InChI is InChI=1S/C19H21BrCl2N2O2/c1-3-8-26-19-15(20)9-13(10-18(19)25-4-2)11-23-24-12-14-16(21)6-5-7-17(14)22/h5-7,9-11,24H,3-4,8,12H2,1-2H3/b23-11+. The number of rotatable bonds is 9. The highest BCUT2D eigenvalue weighted by atomic mass is 79.9. The molecule has 2 aromatic rings. The minimum atomic E-state index is 0.437. The van der Waals surface area contributed by atoms with Crippen molar-refractivity contribution in [3.05, 3.63) is 56.0 Å². The van der Waals surface area contributed by atoms with Gasteiger partial charge in [-0.15, -0.1) is 0 Å². The molecule has 2 rings (SSSR count). The lowest BCUT2D eigenvalue weighted by Gasteiger charge is -2.14. The van der Waals surface area contributed by atoms with Crippen LogP contribution in [0.15, 0.2) is 39.9 Å². The van der Waals surface area contributed by atoms with Gasteiger partial charge >= 0.3 is 0 Å². The molecule has 0 aromatic heterocycles. The number of hydrogen-bond acceptors (Lipinski definition) is 4. The topological polar surface area (TPSA) is 42.8 Å². The maximum atomic E-state index is 6.15. The van der Waals surface area contributed by atoms with Crippen LogP contribution < -0.4 is 14.9 Å². The van der Waals surface area contributed by atoms with Crippen LogP contribution in [0.25, 0.3) is 0 Å². The van der Waals surface area contributed by atoms with Crippen molar-refractivity contribution >= 4 is 45.3 Å². The fourth-order valence-electron chi connectivity index (χ4n) is 2.22. The Morgan fingerprint density at radius 3 is 2.54 bits per heavy atom. The molecule has 140 valence electrons. The summed E-state index contributed by atoms with van der Waals surface area (Å²) in [7, 11) is 0. The normalized spacial score (nSPS) is 11.0. The van der Waals surface area contributed by atoms with Gasteiger partial charge in [-0.1, -0.05) is 36.2 Å². The Morgan fingerprint density at radius 1 is 1.15 bits per heavy atom. The summed E-state index contributed by atoms with van der Waals surface area (Å²) in [5, 5.41) is 5.46. The van der Waals surface area contributed by atoms with Crippen molar-refractivity contribution in [1.29, 1.82) is 0 Å². The number of nitrogens with one attached hydrogen (secondary N) is 1. The molecule has 4 nitrogen and oxygen atoms in total. The van der Waals surface area contributed by atoms with E-state index in [2.05, 4.69) is 33.4 Å². The van der Waals surface area contributed by atoms with Crippen LogP contribution in [-0.2, 0) is 6.54 Å². The maximum Gasteiger partial charge on any atom is 0.175 e. The first-order valence-electron chi connectivity index (χ1n) is 8.34. The molecule has 7 heteroatoms. The van der Waals surface area contributed by atoms with Gasteiger partial charge in [-0.3, -0.25) is 0 Å². The second-order valence-corrected chi connectivity index (χ2v) is 7.07. The monoisotopic (exact) mass is 458 g/mol. The van der Waals surface area contributed by atoms with Crippen LogP contribution >= 0.6 is 39.1 Å². The minimum absolute atomic E-state index is 0.437. The molecule has 0 bridgehead atoms. The van der Waals surface area contributed by atoms with Crippen LogP contribution in [0, 0.1) is 0 Å². The van der Waals surface area contributed by atoms with Gasteiger partial charge in [0.2, 0.25) is 0 Å². The quantitative estimate of drug-likeness (QED) is 0.365. The summed E-state index contributed by atoms with van der Waals surface area (Å²) in [6, 6.07) is 9.24. The third kappa shape index (κ3) is 5.79. The molecule has 0 saturated carbocycles. The molecule has 0 spiro atoms. The summed E-state index contributed by atoms with van der Waals surface area (Å²) in [6.07, 6.45) is 2.64. The SMILES string of the molecule is CCCOc1c(Br)cc(/C=N/NCc2c(Cl)cccc2Cl)cc1OCC. The molecular weight excluding hydrogens is 439 g/mol. The van der Waals surface area contributed by atoms with E-state index in [-0.39, 0.29) is 0 Å². The Kier molecular flexibility index (Phi) is 8.55. The zero-order chi connectivity index (χ0) is 18.9. The molecule has 0 aliphatic carbocycles. The number of ether oxygens (including phenoxy) is 2. The summed E-state index contributed by atoms with van der Waals surface area (Å²) in [5.74, 6) is 1.40. The second-order valence-electron chi connectivity index (χ2n) is 5.40. The van der Waals surface area contributed by atoms with Crippen LogP contribution in [0.2, 0.25) is 10.0 Å². The summed E-state index contributed by atoms with van der Waals surface area (Å²) in [4.78, 5) is 0. The van der Waals surface area contributed by atoms with E-state index in [1.807, 2.05) is 25.1 Å². The third-order valence-electron chi connectivity index (χ3n) is 3.40. The van der Waals surface area contributed by atoms with Gasteiger partial charge in [0.1, 0.15) is 0 Å². The first-order valence-corrected chi connectivity index (χ1v) is 9.89. The van der Waals surface area contributed by atoms with E-state index < -0.39 is 0 Å². The molecule has 26 heavy (non-hydrogen) atoms. The van der Waals surface area contributed by atoms with E-state index in [0.717, 1.165) is 22.0 Å². The molecule has 0 atom stereocenters. The van der Waals surface area contributed by atoms with E-state index in [1.54, 1.807) is 18.3 Å². The van der Waals surface area contributed by atoms with Crippen molar-refractivity contribution in [3.63, 3.8) is 0 Å². The number of nitrogens with zero attached hydrogens (tertiary/aromatic N) is 1. The first kappa shape index (κ1) is 20.9. The van der Waals surface area contributed by atoms with Gasteiger partial charge in [-0.2, -0.15) is 5.10 Å². The lowest BCUT2D eigenvalue weighted by atomic mass is 10.2. The second kappa shape index (κ2) is 10.7. The molecule has 0 fully saturated rings. The molecule has 1 N–H and O–H groups in total. The fraction of sp³-hybridized carbons (Fsp3) is 0.316. The van der Waals surface area contributed by atoms with Crippen molar-refractivity contribution in [2.24, 2.45) is 5.10 Å². The molecular formula is C19H21BrCl2N2O2. The lowest BCUT2D eigenvalue weighted by molar-refractivity contribution is 0.275. The Labute approximate surface area is 172 Å². The van der Waals surface area contributed by atoms with Gasteiger partial charge in [-0.25, -0.2) is 0 Å². The highest BCUT2D eigenvalue weighted by molar-refractivity contribution is 9.10. The first-order chi connectivity index (χ1) is 12.6. The van der Waals surface area contributed by atoms with Crippen LogP contribution in [0.5, 0.6) is 11.5 Å². The summed E-state index contributed by atoms with van der Waals surface area (Å²) >= 11 is 15.8. The third-order valence-corrected chi connectivity index (χ3v) is 4.70. The van der Waals surface area contributed by atoms with E-state index in [1.165, 1.54) is 0 Å². The predicted octanol–water partition coefficient (Wildman–Crippen LogP) is 6.07. The van der Waals surface area contributed by atoms with Gasteiger partial charge in [0.25, 0.3) is 0 Å². The van der Waals surface area contributed by atoms with Crippen molar-refractivity contribution in [2.45, 2.75) is 26.8 Å². The fourth-order valence-corrected chi connectivity index (χ4v) is 3.32. The average molecular weight is 460 g/mol. The van der Waals surface area contributed by atoms with Gasteiger partial charge in [0.05, 0.1) is 30.4 Å². The van der Waals surface area contributed by atoms with Crippen LogP contribution in [-0.4, -0.2) is 19.4 Å². The molecule has 0 aliphatic heterocycles. The van der Waals surface area contributed by atoms with Crippen LogP contribution in [0.4, 0.5) is 0 Å². The summed E-state index contributed by atoms with van der Waals surface area (Å²) in [6.45, 7) is 5.62. The van der Waals surface area contributed by atoms with Crippen LogP contribution in [0.3, 0.4) is 0 Å². The lowest BCUT2D eigenvalue weighted by Crippen LogP contribution is -2.07. The van der Waals surface area contributed by atoms with Crippen molar-refractivity contribution < 1.29 is 9.47 Å². The number of hydrogen-bond donors (Lipinski definition) is 1. The molecule has 0 heterocycles. The molecule has 0 aliphatic rings. The number of halogens is 3. The van der Waals surface area contributed by atoms with E-state index in [9.17, 15) is 0 Å². The molecule has 0 unspecified atom stereocenters. The highest BCUT2D eigenvalue weighted by Gasteiger charge is 2.11. The molecule has 0 radical (unpaired) electrons. The van der Waals surface area contributed by atoms with E-state index in [4.69, 9.17) is 32.7 Å². The zero-order valence-corrected chi connectivity index (χ0v) is 17.8. The van der Waals surface area contributed by atoms with Gasteiger partial charge in [-0.05, 0) is 59.1 Å². The average Bonchev–Trinajstić information content (AvgIpc) is 2.60. The predicted molar refractivity (Wildman–Crippen MR) is 112 cm³/mol. The number of hydrazone groups is 1. The van der Waals surface area contributed by atoms with Gasteiger partial charge < -0.3 is 14.9 Å². The number of benzene rings is 2. The Balaban J connectivity index is 2.09. The van der Waals surface area contributed by atoms with Gasteiger partial charge in [0, 0.05) is 15.6 Å². The van der Waals surface area contributed by atoms with Gasteiger partial charge in [0.15, 0.2) is 11.5 Å². The highest BCUT2D eigenvalue weighted by Crippen LogP contribution is 2.36. The zero-order valence-electron chi connectivity index (χ0n) is 14.7. The minimum Gasteiger partial charge on any atom is -0.490 e. The van der Waals surface area contributed by atoms with Crippen molar-refractivity contribution in [3.8, 4) is 11.5 Å².